The summed E-state index contributed by atoms with van der Waals surface area (Å²) in [4.78, 5) is 57.3. The third-order valence-electron chi connectivity index (χ3n) is 7.82. The van der Waals surface area contributed by atoms with E-state index in [1.807, 2.05) is 59.6 Å². The van der Waals surface area contributed by atoms with Crippen LogP contribution in [0.15, 0.2) is 67.1 Å². The maximum absolute atomic E-state index is 13.3. The lowest BCUT2D eigenvalue weighted by Gasteiger charge is -2.36. The summed E-state index contributed by atoms with van der Waals surface area (Å²) in [6.07, 6.45) is -8.66. The van der Waals surface area contributed by atoms with Crippen LogP contribution in [0.25, 0.3) is 0 Å². The Hall–Kier alpha value is -6.79. The summed E-state index contributed by atoms with van der Waals surface area (Å²) in [6.45, 7) is 2.78. The summed E-state index contributed by atoms with van der Waals surface area (Å²) in [5.41, 5.74) is 5.57. The number of urea groups is 1. The van der Waals surface area contributed by atoms with Crippen LogP contribution in [0.5, 0.6) is 5.75 Å². The van der Waals surface area contributed by atoms with Gasteiger partial charge in [-0.3, -0.25) is 4.98 Å². The van der Waals surface area contributed by atoms with Gasteiger partial charge in [0, 0.05) is 49.4 Å². The van der Waals surface area contributed by atoms with Crippen molar-refractivity contribution in [2.45, 2.75) is 31.4 Å². The van der Waals surface area contributed by atoms with Crippen LogP contribution in [0.2, 0.25) is 5.02 Å². The van der Waals surface area contributed by atoms with Crippen LogP contribution >= 0.6 is 11.6 Å². The fraction of sp³-hybridized carbons (Fsp3) is 0.286. The smallest absolute Gasteiger partial charge is 0.490 e. The van der Waals surface area contributed by atoms with Crippen LogP contribution in [0.3, 0.4) is 0 Å². The summed E-state index contributed by atoms with van der Waals surface area (Å²) in [6, 6.07) is 15.8. The van der Waals surface area contributed by atoms with E-state index < -0.39 is 36.4 Å². The number of amides is 2. The lowest BCUT2D eigenvalue weighted by atomic mass is 10.0. The molecule has 0 unspecified atom stereocenters. The van der Waals surface area contributed by atoms with Crippen molar-refractivity contribution in [2.75, 3.05) is 54.1 Å². The number of benzene rings is 2. The number of carbonyl (C=O) groups excluding carboxylic acids is 1. The number of aromatic nitrogens is 3. The molecule has 4 aromatic rings. The Kier molecular flexibility index (Phi) is 16.7. The van der Waals surface area contributed by atoms with Crippen LogP contribution in [0.4, 0.5) is 78.8 Å². The molecular weight excluding hydrogens is 867 g/mol. The van der Waals surface area contributed by atoms with Gasteiger partial charge in [0.25, 0.3) is 0 Å². The predicted molar refractivity (Wildman–Crippen MR) is 199 cm³/mol. The molecule has 26 heteroatoms. The van der Waals surface area contributed by atoms with E-state index in [2.05, 4.69) is 35.8 Å². The standard InChI is InChI=1S/C29H29ClN8O2.3C2HF3O2/c1-40-24-7-5-23(6-8-24)37-10-12-38(13-11-37)29(39)35-26-9-4-21-15-20(26)3-2-19-14-22(17-31-16-19)34-28-32-18-25(30)27(33-21)36-28;3*3-2(4,5)1(6)7/h4-9,14-18H,2-3,10-13H2,1H3,(H,35,39)(H2,32,33,34,36);3*(H,6,7). The van der Waals surface area contributed by atoms with Gasteiger partial charge in [-0.15, -0.1) is 0 Å². The fourth-order valence-corrected chi connectivity index (χ4v) is 5.05. The highest BCUT2D eigenvalue weighted by Gasteiger charge is 2.39. The van der Waals surface area contributed by atoms with Gasteiger partial charge in [-0.2, -0.15) is 44.5 Å². The number of nitrogens with one attached hydrogen (secondary N) is 3. The third kappa shape index (κ3) is 15.7. The van der Waals surface area contributed by atoms with Gasteiger partial charge in [-0.25, -0.2) is 24.2 Å². The summed E-state index contributed by atoms with van der Waals surface area (Å²) in [5, 5.41) is 31.4. The molecule has 0 radical (unpaired) electrons. The molecule has 2 amide bonds. The number of carbonyl (C=O) groups is 4. The zero-order chi connectivity index (χ0) is 45.7. The first-order valence-corrected chi connectivity index (χ1v) is 17.2. The number of nitrogens with zero attached hydrogens (tertiary/aromatic N) is 5. The van der Waals surface area contributed by atoms with Crippen LogP contribution in [0, 0.1) is 0 Å². The van der Waals surface area contributed by atoms with E-state index in [0.717, 1.165) is 59.1 Å². The van der Waals surface area contributed by atoms with Crippen LogP contribution in [-0.2, 0) is 27.2 Å². The molecule has 330 valence electrons. The van der Waals surface area contributed by atoms with E-state index >= 15 is 0 Å². The van der Waals surface area contributed by atoms with Gasteiger partial charge < -0.3 is 45.8 Å². The quantitative estimate of drug-likeness (QED) is 0.111. The number of aryl methyl sites for hydroxylation is 2. The SMILES string of the molecule is COc1ccc(N2CCN(C(=O)Nc3ccc4cc3CCc3cncc(c3)Nc3ncc(Cl)c(n3)N4)CC2)cc1.O=C(O)C(F)(F)F.O=C(O)C(F)(F)F.O=C(O)C(F)(F)F. The minimum Gasteiger partial charge on any atom is -0.497 e. The number of ether oxygens (including phenoxy) is 1. The number of rotatable bonds is 3. The van der Waals surface area contributed by atoms with E-state index in [4.69, 9.17) is 46.0 Å². The normalized spacial score (nSPS) is 13.4. The fourth-order valence-electron chi connectivity index (χ4n) is 4.91. The van der Waals surface area contributed by atoms with Crippen molar-refractivity contribution in [3.05, 3.63) is 83.3 Å². The summed E-state index contributed by atoms with van der Waals surface area (Å²) < 4.78 is 100. The molecule has 4 heterocycles. The van der Waals surface area contributed by atoms with Gasteiger partial charge in [0.2, 0.25) is 5.95 Å². The Morgan fingerprint density at radius 1 is 0.738 bits per heavy atom. The summed E-state index contributed by atoms with van der Waals surface area (Å²) in [7, 11) is 1.66. The van der Waals surface area contributed by atoms with Crippen molar-refractivity contribution in [2.24, 2.45) is 0 Å². The number of halogens is 10. The molecule has 0 saturated carbocycles. The Bertz CT molecular complexity index is 2100. The first-order valence-electron chi connectivity index (χ1n) is 16.9. The third-order valence-corrected chi connectivity index (χ3v) is 8.10. The van der Waals surface area contributed by atoms with Crippen LogP contribution in [-0.4, -0.2) is 111 Å². The molecule has 0 atom stereocenters. The minimum atomic E-state index is -5.08. The first kappa shape index (κ1) is 48.6. The maximum Gasteiger partial charge on any atom is 0.490 e. The number of hydrogen-bond acceptors (Lipinski definition) is 11. The van der Waals surface area contributed by atoms with Crippen molar-refractivity contribution in [3.8, 4) is 5.75 Å². The highest BCUT2D eigenvalue weighted by atomic mass is 35.5. The molecule has 2 aliphatic rings. The van der Waals surface area contributed by atoms with Crippen molar-refractivity contribution in [3.63, 3.8) is 0 Å². The number of fused-ring (bicyclic) bond motifs is 6. The molecule has 61 heavy (non-hydrogen) atoms. The zero-order valence-electron chi connectivity index (χ0n) is 31.0. The molecule has 1 fully saturated rings. The number of alkyl halides is 9. The Balaban J connectivity index is 0.000000390. The largest absolute Gasteiger partial charge is 0.497 e. The Labute approximate surface area is 342 Å². The number of methoxy groups -OCH3 is 1. The molecule has 0 aliphatic carbocycles. The second-order valence-electron chi connectivity index (χ2n) is 12.1. The minimum absolute atomic E-state index is 0.106. The maximum atomic E-state index is 13.3. The van der Waals surface area contributed by atoms with Crippen molar-refractivity contribution < 1.29 is 78.7 Å². The average molecular weight is 899 g/mol. The summed E-state index contributed by atoms with van der Waals surface area (Å²) >= 11 is 6.38. The van der Waals surface area contributed by atoms with E-state index in [-0.39, 0.29) is 6.03 Å². The number of piperazine rings is 1. The zero-order valence-corrected chi connectivity index (χ0v) is 31.7. The van der Waals surface area contributed by atoms with Gasteiger partial charge in [0.1, 0.15) is 10.8 Å². The van der Waals surface area contributed by atoms with Crippen molar-refractivity contribution in [1.29, 1.82) is 0 Å². The second kappa shape index (κ2) is 20.9. The van der Waals surface area contributed by atoms with Gasteiger partial charge in [-0.1, -0.05) is 11.6 Å². The highest BCUT2D eigenvalue weighted by molar-refractivity contribution is 6.32. The van der Waals surface area contributed by atoms with Crippen LogP contribution in [0.1, 0.15) is 11.1 Å². The number of carboxylic acids is 3. The van der Waals surface area contributed by atoms with Crippen molar-refractivity contribution in [1.82, 2.24) is 19.9 Å². The van der Waals surface area contributed by atoms with E-state index in [1.54, 1.807) is 19.5 Å². The van der Waals surface area contributed by atoms with Gasteiger partial charge in [-0.05, 0) is 72.5 Å². The summed E-state index contributed by atoms with van der Waals surface area (Å²) in [5.74, 6) is -6.54. The lowest BCUT2D eigenvalue weighted by Crippen LogP contribution is -2.50. The lowest BCUT2D eigenvalue weighted by molar-refractivity contribution is -0.193. The average Bonchev–Trinajstić information content (AvgIpc) is 3.19. The second-order valence-corrected chi connectivity index (χ2v) is 12.5. The van der Waals surface area contributed by atoms with Crippen molar-refractivity contribution >= 4 is 70.1 Å². The predicted octanol–water partition coefficient (Wildman–Crippen LogP) is 7.37. The molecule has 2 aliphatic heterocycles. The number of pyridine rings is 1. The van der Waals surface area contributed by atoms with Crippen LogP contribution < -0.4 is 25.6 Å². The van der Waals surface area contributed by atoms with Gasteiger partial charge in [0.05, 0.1) is 25.2 Å². The topological polar surface area (TPSA) is 219 Å². The molecule has 16 nitrogen and oxygen atoms in total. The molecular formula is C35H32ClF9N8O8. The molecule has 2 aromatic carbocycles. The van der Waals surface area contributed by atoms with E-state index in [1.165, 1.54) is 0 Å². The molecule has 1 saturated heterocycles. The Morgan fingerprint density at radius 2 is 1.30 bits per heavy atom. The van der Waals surface area contributed by atoms with Gasteiger partial charge in [0.15, 0.2) is 5.82 Å². The van der Waals surface area contributed by atoms with Gasteiger partial charge >= 0.3 is 42.5 Å². The van der Waals surface area contributed by atoms with E-state index in [9.17, 15) is 44.3 Å². The molecule has 0 spiro atoms. The molecule has 6 bridgehead atoms. The number of anilines is 6. The monoisotopic (exact) mass is 898 g/mol. The number of aliphatic carboxylic acids is 3. The van der Waals surface area contributed by atoms with E-state index in [0.29, 0.717) is 36.3 Å². The molecule has 2 aromatic heterocycles. The highest BCUT2D eigenvalue weighted by Crippen LogP contribution is 2.30. The Morgan fingerprint density at radius 3 is 1.82 bits per heavy atom. The molecule has 6 rings (SSSR count). The number of hydrogen-bond donors (Lipinski definition) is 6. The first-order chi connectivity index (χ1) is 28.4. The number of carboxylic acid groups (broad SMARTS) is 3. The molecule has 6 N–H and O–H groups in total.